The lowest BCUT2D eigenvalue weighted by Crippen LogP contribution is -2.38. The van der Waals surface area contributed by atoms with Gasteiger partial charge >= 0.3 is 0 Å². The highest BCUT2D eigenvalue weighted by atomic mass is 32.2. The first-order valence-electron chi connectivity index (χ1n) is 8.96. The third-order valence-corrected chi connectivity index (χ3v) is 6.81. The lowest BCUT2D eigenvalue weighted by Gasteiger charge is -2.29. The van der Waals surface area contributed by atoms with Crippen molar-refractivity contribution in [2.45, 2.75) is 44.0 Å². The molecular formula is C18H26N2O4S. The Labute approximate surface area is 149 Å². The summed E-state index contributed by atoms with van der Waals surface area (Å²) in [5.74, 6) is 0.178. The first kappa shape index (κ1) is 18.4. The Morgan fingerprint density at radius 3 is 2.72 bits per heavy atom. The number of aliphatic hydroxyl groups is 1. The number of amides is 1. The van der Waals surface area contributed by atoms with Crippen molar-refractivity contribution in [2.24, 2.45) is 5.92 Å². The van der Waals surface area contributed by atoms with E-state index in [2.05, 4.69) is 0 Å². The van der Waals surface area contributed by atoms with Crippen LogP contribution >= 0.6 is 0 Å². The van der Waals surface area contributed by atoms with Crippen molar-refractivity contribution in [3.63, 3.8) is 0 Å². The van der Waals surface area contributed by atoms with E-state index < -0.39 is 16.6 Å². The minimum absolute atomic E-state index is 0.304. The Morgan fingerprint density at radius 1 is 1.32 bits per heavy atom. The Kier molecular flexibility index (Phi) is 5.46. The number of benzene rings is 1. The molecule has 1 N–H and O–H groups in total. The summed E-state index contributed by atoms with van der Waals surface area (Å²) in [5, 5.41) is 9.05. The number of rotatable bonds is 7. The second-order valence-corrected chi connectivity index (χ2v) is 8.90. The van der Waals surface area contributed by atoms with Gasteiger partial charge in [-0.05, 0) is 54.9 Å². The van der Waals surface area contributed by atoms with Crippen LogP contribution in [0.25, 0.3) is 0 Å². The second-order valence-electron chi connectivity index (χ2n) is 6.96. The van der Waals surface area contributed by atoms with Gasteiger partial charge in [-0.1, -0.05) is 13.0 Å². The van der Waals surface area contributed by atoms with Crippen LogP contribution in [-0.2, 0) is 27.8 Å². The number of carbonyl (C=O) groups is 1. The fourth-order valence-corrected chi connectivity index (χ4v) is 4.96. The average Bonchev–Trinajstić information content (AvgIpc) is 3.43. The SMILES string of the molecule is CCCN(CC1CC1)S(=O)(=O)c1ccc2c(c1)CN(C(=O)CO)CC2. The molecule has 1 saturated carbocycles. The van der Waals surface area contributed by atoms with Crippen LogP contribution in [-0.4, -0.2) is 54.9 Å². The first-order valence-corrected chi connectivity index (χ1v) is 10.4. The standard InChI is InChI=1S/C18H26N2O4S/c1-2-8-20(11-14-3-4-14)25(23,24)17-6-5-15-7-9-19(18(22)13-21)12-16(15)10-17/h5-6,10,14,21H,2-4,7-9,11-13H2,1H3. The summed E-state index contributed by atoms with van der Waals surface area (Å²) in [6.07, 6.45) is 3.69. The Balaban J connectivity index is 1.85. The predicted octanol–water partition coefficient (Wildman–Crippen LogP) is 1.37. The summed E-state index contributed by atoms with van der Waals surface area (Å²) in [6.45, 7) is 3.52. The minimum atomic E-state index is -3.51. The van der Waals surface area contributed by atoms with Crippen molar-refractivity contribution < 1.29 is 18.3 Å². The molecule has 1 aromatic rings. The molecule has 0 aromatic heterocycles. The fourth-order valence-electron chi connectivity index (χ4n) is 3.30. The zero-order valence-electron chi connectivity index (χ0n) is 14.6. The molecule has 0 radical (unpaired) electrons. The molecule has 1 aliphatic carbocycles. The maximum absolute atomic E-state index is 13.0. The van der Waals surface area contributed by atoms with Gasteiger partial charge in [0, 0.05) is 26.2 Å². The molecule has 0 unspecified atom stereocenters. The summed E-state index contributed by atoms with van der Waals surface area (Å²) in [4.78, 5) is 13.6. The molecule has 0 bridgehead atoms. The summed E-state index contributed by atoms with van der Waals surface area (Å²) in [7, 11) is -3.51. The van der Waals surface area contributed by atoms with Gasteiger partial charge in [-0.2, -0.15) is 4.31 Å². The van der Waals surface area contributed by atoms with Gasteiger partial charge in [0.05, 0.1) is 4.90 Å². The lowest BCUT2D eigenvalue weighted by atomic mass is 10.00. The van der Waals surface area contributed by atoms with Gasteiger partial charge < -0.3 is 10.0 Å². The molecule has 1 amide bonds. The molecule has 1 aromatic carbocycles. The van der Waals surface area contributed by atoms with Crippen molar-refractivity contribution in [1.29, 1.82) is 0 Å². The van der Waals surface area contributed by atoms with Crippen molar-refractivity contribution in [3.8, 4) is 0 Å². The number of hydrogen-bond donors (Lipinski definition) is 1. The summed E-state index contributed by atoms with van der Waals surface area (Å²) >= 11 is 0. The van der Waals surface area contributed by atoms with E-state index in [0.717, 1.165) is 30.4 Å². The minimum Gasteiger partial charge on any atom is -0.387 e. The largest absolute Gasteiger partial charge is 0.387 e. The summed E-state index contributed by atoms with van der Waals surface area (Å²) < 4.78 is 27.7. The summed E-state index contributed by atoms with van der Waals surface area (Å²) in [6, 6.07) is 5.26. The molecule has 6 nitrogen and oxygen atoms in total. The molecule has 2 aliphatic rings. The van der Waals surface area contributed by atoms with Crippen LogP contribution in [0.2, 0.25) is 0 Å². The van der Waals surface area contributed by atoms with E-state index in [1.54, 1.807) is 21.3 Å². The Morgan fingerprint density at radius 2 is 2.08 bits per heavy atom. The van der Waals surface area contributed by atoms with Crippen molar-refractivity contribution >= 4 is 15.9 Å². The number of aliphatic hydroxyl groups excluding tert-OH is 1. The molecule has 0 atom stereocenters. The quantitative estimate of drug-likeness (QED) is 0.791. The number of nitrogens with zero attached hydrogens (tertiary/aromatic N) is 2. The van der Waals surface area contributed by atoms with E-state index in [9.17, 15) is 13.2 Å². The number of fused-ring (bicyclic) bond motifs is 1. The van der Waals surface area contributed by atoms with Crippen molar-refractivity contribution in [2.75, 3.05) is 26.2 Å². The predicted molar refractivity (Wildman–Crippen MR) is 94.4 cm³/mol. The van der Waals surface area contributed by atoms with Crippen LogP contribution in [0, 0.1) is 5.92 Å². The number of carbonyl (C=O) groups excluding carboxylic acids is 1. The highest BCUT2D eigenvalue weighted by molar-refractivity contribution is 7.89. The zero-order valence-corrected chi connectivity index (χ0v) is 15.5. The third-order valence-electron chi connectivity index (χ3n) is 4.95. The van der Waals surface area contributed by atoms with Crippen LogP contribution in [0.3, 0.4) is 0 Å². The zero-order chi connectivity index (χ0) is 18.0. The van der Waals surface area contributed by atoms with E-state index in [-0.39, 0.29) is 5.91 Å². The molecule has 138 valence electrons. The van der Waals surface area contributed by atoms with Crippen LogP contribution in [0.5, 0.6) is 0 Å². The molecule has 1 aliphatic heterocycles. The molecule has 3 rings (SSSR count). The van der Waals surface area contributed by atoms with E-state index in [1.165, 1.54) is 0 Å². The van der Waals surface area contributed by atoms with Crippen molar-refractivity contribution in [1.82, 2.24) is 9.21 Å². The van der Waals surface area contributed by atoms with Crippen LogP contribution < -0.4 is 0 Å². The van der Waals surface area contributed by atoms with E-state index >= 15 is 0 Å². The monoisotopic (exact) mass is 366 g/mol. The van der Waals surface area contributed by atoms with Crippen molar-refractivity contribution in [3.05, 3.63) is 29.3 Å². The lowest BCUT2D eigenvalue weighted by molar-refractivity contribution is -0.135. The Hall–Kier alpha value is -1.44. The molecule has 7 heteroatoms. The molecule has 1 fully saturated rings. The third kappa shape index (κ3) is 4.04. The first-order chi connectivity index (χ1) is 12.0. The number of sulfonamides is 1. The van der Waals surface area contributed by atoms with Crippen LogP contribution in [0.15, 0.2) is 23.1 Å². The van der Waals surface area contributed by atoms with Gasteiger partial charge in [0.1, 0.15) is 6.61 Å². The average molecular weight is 366 g/mol. The smallest absolute Gasteiger partial charge is 0.248 e. The maximum Gasteiger partial charge on any atom is 0.248 e. The topological polar surface area (TPSA) is 77.9 Å². The molecule has 0 saturated heterocycles. The Bertz CT molecular complexity index is 743. The van der Waals surface area contributed by atoms with Gasteiger partial charge in [-0.3, -0.25) is 4.79 Å². The van der Waals surface area contributed by atoms with Gasteiger partial charge in [-0.15, -0.1) is 0 Å². The van der Waals surface area contributed by atoms with Crippen LogP contribution in [0.4, 0.5) is 0 Å². The molecule has 1 heterocycles. The van der Waals surface area contributed by atoms with Gasteiger partial charge in [0.2, 0.25) is 15.9 Å². The van der Waals surface area contributed by atoms with E-state index in [1.807, 2.05) is 13.0 Å². The highest BCUT2D eigenvalue weighted by Gasteiger charge is 2.32. The van der Waals surface area contributed by atoms with Gasteiger partial charge in [0.15, 0.2) is 0 Å². The highest BCUT2D eigenvalue weighted by Crippen LogP contribution is 2.32. The second kappa shape index (κ2) is 7.43. The normalized spacial score (nSPS) is 17.6. The maximum atomic E-state index is 13.0. The van der Waals surface area contributed by atoms with Gasteiger partial charge in [0.25, 0.3) is 0 Å². The van der Waals surface area contributed by atoms with E-state index in [4.69, 9.17) is 5.11 Å². The molecular weight excluding hydrogens is 340 g/mol. The van der Waals surface area contributed by atoms with Gasteiger partial charge in [-0.25, -0.2) is 8.42 Å². The molecule has 0 spiro atoms. The van der Waals surface area contributed by atoms with E-state index in [0.29, 0.717) is 43.4 Å². The number of hydrogen-bond acceptors (Lipinski definition) is 4. The summed E-state index contributed by atoms with van der Waals surface area (Å²) in [5.41, 5.74) is 1.93. The molecule has 25 heavy (non-hydrogen) atoms. The fraction of sp³-hybridized carbons (Fsp3) is 0.611. The van der Waals surface area contributed by atoms with Crippen LogP contribution in [0.1, 0.15) is 37.3 Å².